The summed E-state index contributed by atoms with van der Waals surface area (Å²) in [6.07, 6.45) is 2.48. The first kappa shape index (κ1) is 12.1. The number of nitrogens with zero attached hydrogens (tertiary/aromatic N) is 2. The molecule has 0 aliphatic rings. The number of rotatable bonds is 6. The number of thiophene rings is 1. The van der Waals surface area contributed by atoms with Gasteiger partial charge in [0.05, 0.1) is 4.88 Å². The number of aromatic nitrogens is 2. The van der Waals surface area contributed by atoms with Crippen LogP contribution < -0.4 is 5.76 Å². The van der Waals surface area contributed by atoms with Gasteiger partial charge < -0.3 is 5.11 Å². The van der Waals surface area contributed by atoms with Gasteiger partial charge >= 0.3 is 5.76 Å². The average molecular weight is 254 g/mol. The van der Waals surface area contributed by atoms with E-state index in [0.717, 1.165) is 24.1 Å². The summed E-state index contributed by atoms with van der Waals surface area (Å²) < 4.78 is 6.24. The summed E-state index contributed by atoms with van der Waals surface area (Å²) >= 11 is 1.53. The Bertz CT molecular complexity index is 501. The van der Waals surface area contributed by atoms with Crippen LogP contribution in [0.2, 0.25) is 0 Å². The molecule has 0 unspecified atom stereocenters. The van der Waals surface area contributed by atoms with Gasteiger partial charge in [-0.05, 0) is 30.7 Å². The SMILES string of the molecule is O=c1onc(-c2cccs2)n1CCCCCO. The molecule has 0 saturated heterocycles. The highest BCUT2D eigenvalue weighted by Gasteiger charge is 2.12. The zero-order valence-electron chi connectivity index (χ0n) is 9.33. The van der Waals surface area contributed by atoms with Crippen molar-refractivity contribution in [1.29, 1.82) is 0 Å². The number of aliphatic hydroxyl groups is 1. The molecule has 0 aliphatic heterocycles. The first-order valence-electron chi connectivity index (χ1n) is 5.54. The number of hydrogen-bond acceptors (Lipinski definition) is 5. The van der Waals surface area contributed by atoms with E-state index in [-0.39, 0.29) is 6.61 Å². The maximum atomic E-state index is 11.5. The van der Waals surface area contributed by atoms with Crippen molar-refractivity contribution in [3.8, 4) is 10.7 Å². The third kappa shape index (κ3) is 2.83. The van der Waals surface area contributed by atoms with Crippen molar-refractivity contribution in [2.24, 2.45) is 0 Å². The van der Waals surface area contributed by atoms with E-state index in [1.165, 1.54) is 11.3 Å². The van der Waals surface area contributed by atoms with Crippen LogP contribution in [0.3, 0.4) is 0 Å². The molecule has 1 N–H and O–H groups in total. The summed E-state index contributed by atoms with van der Waals surface area (Å²) in [4.78, 5) is 12.4. The van der Waals surface area contributed by atoms with Crippen LogP contribution in [0.25, 0.3) is 10.7 Å². The first-order valence-corrected chi connectivity index (χ1v) is 6.42. The van der Waals surface area contributed by atoms with E-state index in [4.69, 9.17) is 9.63 Å². The molecule has 5 nitrogen and oxygen atoms in total. The van der Waals surface area contributed by atoms with Crippen LogP contribution in [0, 0.1) is 0 Å². The van der Waals surface area contributed by atoms with Gasteiger partial charge in [-0.3, -0.25) is 9.09 Å². The lowest BCUT2D eigenvalue weighted by Gasteiger charge is -2.02. The highest BCUT2D eigenvalue weighted by Crippen LogP contribution is 2.21. The minimum atomic E-state index is -0.419. The van der Waals surface area contributed by atoms with Crippen LogP contribution >= 0.6 is 11.3 Å². The predicted octanol–water partition coefficient (Wildman–Crippen LogP) is 1.73. The predicted molar refractivity (Wildman–Crippen MR) is 65.0 cm³/mol. The van der Waals surface area contributed by atoms with E-state index < -0.39 is 5.76 Å². The van der Waals surface area contributed by atoms with Gasteiger partial charge in [-0.15, -0.1) is 11.3 Å². The van der Waals surface area contributed by atoms with Crippen LogP contribution in [-0.2, 0) is 6.54 Å². The topological polar surface area (TPSA) is 68.3 Å². The van der Waals surface area contributed by atoms with Crippen LogP contribution in [0.4, 0.5) is 0 Å². The molecule has 6 heteroatoms. The Balaban J connectivity index is 2.11. The van der Waals surface area contributed by atoms with Gasteiger partial charge in [0.25, 0.3) is 0 Å². The second-order valence-corrected chi connectivity index (χ2v) is 4.63. The molecule has 0 amide bonds. The molecule has 0 spiro atoms. The first-order chi connectivity index (χ1) is 8.33. The fourth-order valence-electron chi connectivity index (χ4n) is 1.61. The van der Waals surface area contributed by atoms with Crippen LogP contribution in [0.15, 0.2) is 26.8 Å². The Morgan fingerprint density at radius 2 is 2.29 bits per heavy atom. The molecule has 0 aromatic carbocycles. The lowest BCUT2D eigenvalue weighted by Crippen LogP contribution is -2.15. The smallest absolute Gasteiger partial charge is 0.396 e. The Labute approximate surface area is 102 Å². The Morgan fingerprint density at radius 3 is 3.00 bits per heavy atom. The Hall–Kier alpha value is -1.40. The van der Waals surface area contributed by atoms with E-state index >= 15 is 0 Å². The van der Waals surface area contributed by atoms with Gasteiger partial charge in [-0.25, -0.2) is 4.79 Å². The maximum Gasteiger partial charge on any atom is 0.441 e. The summed E-state index contributed by atoms with van der Waals surface area (Å²) in [5.74, 6) is 0.173. The third-order valence-electron chi connectivity index (χ3n) is 2.47. The van der Waals surface area contributed by atoms with Gasteiger partial charge in [-0.1, -0.05) is 11.2 Å². The molecule has 0 radical (unpaired) electrons. The molecule has 0 saturated carbocycles. The van der Waals surface area contributed by atoms with E-state index in [1.807, 2.05) is 17.5 Å². The van der Waals surface area contributed by atoms with E-state index in [0.29, 0.717) is 12.4 Å². The third-order valence-corrected chi connectivity index (χ3v) is 3.33. The van der Waals surface area contributed by atoms with Crippen molar-refractivity contribution < 1.29 is 9.63 Å². The minimum absolute atomic E-state index is 0.191. The molecule has 0 bridgehead atoms. The molecule has 0 fully saturated rings. The summed E-state index contributed by atoms with van der Waals surface area (Å²) in [5, 5.41) is 14.4. The van der Waals surface area contributed by atoms with Crippen molar-refractivity contribution in [1.82, 2.24) is 9.72 Å². The normalized spacial score (nSPS) is 10.9. The van der Waals surface area contributed by atoms with Crippen molar-refractivity contribution >= 4 is 11.3 Å². The minimum Gasteiger partial charge on any atom is -0.396 e. The van der Waals surface area contributed by atoms with Crippen molar-refractivity contribution in [3.63, 3.8) is 0 Å². The number of aliphatic hydroxyl groups excluding tert-OH is 1. The molecule has 2 heterocycles. The summed E-state index contributed by atoms with van der Waals surface area (Å²) in [5.41, 5.74) is 0. The monoisotopic (exact) mass is 254 g/mol. The molecule has 92 valence electrons. The van der Waals surface area contributed by atoms with Gasteiger partial charge in [0.1, 0.15) is 0 Å². The highest BCUT2D eigenvalue weighted by atomic mass is 32.1. The zero-order valence-corrected chi connectivity index (χ0v) is 10.2. The molecule has 2 aromatic rings. The lowest BCUT2D eigenvalue weighted by atomic mass is 10.2. The molecule has 0 aliphatic carbocycles. The Kier molecular flexibility index (Phi) is 4.11. The largest absolute Gasteiger partial charge is 0.441 e. The number of unbranched alkanes of at least 4 members (excludes halogenated alkanes) is 2. The molecular formula is C11H14N2O3S. The van der Waals surface area contributed by atoms with E-state index in [9.17, 15) is 4.79 Å². The molecule has 2 aromatic heterocycles. The molecular weight excluding hydrogens is 240 g/mol. The van der Waals surface area contributed by atoms with Crippen LogP contribution in [0.1, 0.15) is 19.3 Å². The highest BCUT2D eigenvalue weighted by molar-refractivity contribution is 7.13. The van der Waals surface area contributed by atoms with Gasteiger partial charge in [0.2, 0.25) is 0 Å². The fraction of sp³-hybridized carbons (Fsp3) is 0.455. The van der Waals surface area contributed by atoms with Crippen molar-refractivity contribution in [2.45, 2.75) is 25.8 Å². The van der Waals surface area contributed by atoms with Crippen LogP contribution in [-0.4, -0.2) is 21.4 Å². The standard InChI is InChI=1S/C11H14N2O3S/c14-7-3-1-2-6-13-10(12-16-11(13)15)9-5-4-8-17-9/h4-5,8,14H,1-3,6-7H2. The molecule has 17 heavy (non-hydrogen) atoms. The number of hydrogen-bond donors (Lipinski definition) is 1. The second kappa shape index (κ2) is 5.79. The summed E-state index contributed by atoms with van der Waals surface area (Å²) in [7, 11) is 0. The van der Waals surface area contributed by atoms with E-state index in [2.05, 4.69) is 5.16 Å². The summed E-state index contributed by atoms with van der Waals surface area (Å²) in [6, 6.07) is 3.82. The lowest BCUT2D eigenvalue weighted by molar-refractivity contribution is 0.281. The van der Waals surface area contributed by atoms with E-state index in [1.54, 1.807) is 4.57 Å². The average Bonchev–Trinajstić information content (AvgIpc) is 2.94. The Morgan fingerprint density at radius 1 is 1.41 bits per heavy atom. The zero-order chi connectivity index (χ0) is 12.1. The van der Waals surface area contributed by atoms with Gasteiger partial charge in [0, 0.05) is 13.2 Å². The van der Waals surface area contributed by atoms with Crippen molar-refractivity contribution in [2.75, 3.05) is 6.61 Å². The van der Waals surface area contributed by atoms with Gasteiger partial charge in [0.15, 0.2) is 5.82 Å². The fourth-order valence-corrected chi connectivity index (χ4v) is 2.32. The quantitative estimate of drug-likeness (QED) is 0.797. The maximum absolute atomic E-state index is 11.5. The van der Waals surface area contributed by atoms with Gasteiger partial charge in [-0.2, -0.15) is 0 Å². The van der Waals surface area contributed by atoms with Crippen LogP contribution in [0.5, 0.6) is 0 Å². The molecule has 0 atom stereocenters. The summed E-state index contributed by atoms with van der Waals surface area (Å²) in [6.45, 7) is 0.770. The molecule has 2 rings (SSSR count). The van der Waals surface area contributed by atoms with Crippen molar-refractivity contribution in [3.05, 3.63) is 28.1 Å². The second-order valence-electron chi connectivity index (χ2n) is 3.69.